The van der Waals surface area contributed by atoms with E-state index in [1.54, 1.807) is 0 Å². The Balaban J connectivity index is 1.41. The fourth-order valence-electron chi connectivity index (χ4n) is 2.91. The highest BCUT2D eigenvalue weighted by molar-refractivity contribution is 7.99. The summed E-state index contributed by atoms with van der Waals surface area (Å²) in [5.74, 6) is 2.66. The number of nitrogens with zero attached hydrogens (tertiary/aromatic N) is 1. The second-order valence-corrected chi connectivity index (χ2v) is 6.38. The van der Waals surface area contributed by atoms with Crippen LogP contribution >= 0.6 is 11.8 Å². The molecule has 0 radical (unpaired) electrons. The van der Waals surface area contributed by atoms with E-state index in [0.717, 1.165) is 6.04 Å². The summed E-state index contributed by atoms with van der Waals surface area (Å²) in [7, 11) is 0. The number of fused-ring (bicyclic) bond motifs is 1. The van der Waals surface area contributed by atoms with E-state index < -0.39 is 0 Å². The van der Waals surface area contributed by atoms with Crippen LogP contribution in [0, 0.1) is 0 Å². The highest BCUT2D eigenvalue weighted by atomic mass is 32.2. The summed E-state index contributed by atoms with van der Waals surface area (Å²) in [5.41, 5.74) is 2.99. The summed E-state index contributed by atoms with van der Waals surface area (Å²) in [6.07, 6.45) is 3.84. The van der Waals surface area contributed by atoms with Crippen molar-refractivity contribution in [3.8, 4) is 0 Å². The summed E-state index contributed by atoms with van der Waals surface area (Å²) < 4.78 is 0. The molecule has 0 aromatic heterocycles. The molecule has 2 heterocycles. The zero-order chi connectivity index (χ0) is 12.2. The first-order chi connectivity index (χ1) is 8.93. The maximum absolute atomic E-state index is 3.68. The highest BCUT2D eigenvalue weighted by Crippen LogP contribution is 2.27. The van der Waals surface area contributed by atoms with Crippen molar-refractivity contribution in [3.05, 3.63) is 29.8 Å². The Morgan fingerprint density at radius 3 is 3.17 bits per heavy atom. The molecule has 3 rings (SSSR count). The van der Waals surface area contributed by atoms with Crippen LogP contribution in [0.4, 0.5) is 5.69 Å². The van der Waals surface area contributed by atoms with E-state index in [0.29, 0.717) is 0 Å². The minimum Gasteiger partial charge on any atom is -0.371 e. The Labute approximate surface area is 114 Å². The molecule has 1 atom stereocenters. The maximum atomic E-state index is 3.68. The smallest absolute Gasteiger partial charge is 0.0399 e. The number of rotatable bonds is 5. The first-order valence-electron chi connectivity index (χ1n) is 7.07. The van der Waals surface area contributed by atoms with Crippen LogP contribution in [0.2, 0.25) is 0 Å². The normalized spacial score (nSPS) is 22.4. The Morgan fingerprint density at radius 2 is 2.28 bits per heavy atom. The molecular weight excluding hydrogens is 240 g/mol. The summed E-state index contributed by atoms with van der Waals surface area (Å²) in [4.78, 5) is 2.54. The highest BCUT2D eigenvalue weighted by Gasteiger charge is 2.18. The molecule has 0 saturated carbocycles. The molecule has 0 aliphatic carbocycles. The minimum atomic E-state index is 0.779. The molecule has 98 valence electrons. The fraction of sp³-hybridized carbons (Fsp3) is 0.600. The first-order valence-corrected chi connectivity index (χ1v) is 8.23. The van der Waals surface area contributed by atoms with E-state index in [4.69, 9.17) is 0 Å². The summed E-state index contributed by atoms with van der Waals surface area (Å²) in [5, 5.41) is 3.68. The molecule has 0 amide bonds. The van der Waals surface area contributed by atoms with Gasteiger partial charge in [-0.3, -0.25) is 0 Å². The van der Waals surface area contributed by atoms with Gasteiger partial charge in [-0.1, -0.05) is 18.2 Å². The van der Waals surface area contributed by atoms with Crippen molar-refractivity contribution in [2.24, 2.45) is 0 Å². The molecule has 1 N–H and O–H groups in total. The maximum Gasteiger partial charge on any atom is 0.0399 e. The second kappa shape index (κ2) is 5.98. The van der Waals surface area contributed by atoms with Gasteiger partial charge in [0.05, 0.1) is 0 Å². The van der Waals surface area contributed by atoms with Crippen molar-refractivity contribution in [2.75, 3.05) is 36.0 Å². The number of thioether (sulfide) groups is 1. The zero-order valence-corrected chi connectivity index (χ0v) is 11.7. The van der Waals surface area contributed by atoms with Crippen molar-refractivity contribution in [2.45, 2.75) is 25.3 Å². The number of nitrogens with one attached hydrogen (secondary N) is 1. The molecule has 2 aliphatic heterocycles. The molecule has 2 nitrogen and oxygen atoms in total. The lowest BCUT2D eigenvalue weighted by Gasteiger charge is -2.20. The van der Waals surface area contributed by atoms with Gasteiger partial charge in [-0.2, -0.15) is 11.8 Å². The monoisotopic (exact) mass is 262 g/mol. The van der Waals surface area contributed by atoms with Gasteiger partial charge in [0.2, 0.25) is 0 Å². The van der Waals surface area contributed by atoms with Crippen molar-refractivity contribution < 1.29 is 0 Å². The minimum absolute atomic E-state index is 0.779. The van der Waals surface area contributed by atoms with Gasteiger partial charge in [0, 0.05) is 30.6 Å². The average molecular weight is 262 g/mol. The van der Waals surface area contributed by atoms with Crippen molar-refractivity contribution >= 4 is 17.4 Å². The second-order valence-electron chi connectivity index (χ2n) is 5.23. The molecule has 2 aliphatic rings. The van der Waals surface area contributed by atoms with E-state index in [1.807, 2.05) is 0 Å². The molecule has 1 aromatic carbocycles. The van der Waals surface area contributed by atoms with Gasteiger partial charge >= 0.3 is 0 Å². The Kier molecular flexibility index (Phi) is 4.11. The topological polar surface area (TPSA) is 15.3 Å². The van der Waals surface area contributed by atoms with Crippen LogP contribution in [0.15, 0.2) is 24.3 Å². The third-order valence-corrected chi connectivity index (χ3v) is 5.11. The van der Waals surface area contributed by atoms with Crippen LogP contribution in [0.3, 0.4) is 0 Å². The lowest BCUT2D eigenvalue weighted by molar-refractivity contribution is 0.543. The molecule has 1 saturated heterocycles. The van der Waals surface area contributed by atoms with Gasteiger partial charge in [-0.25, -0.2) is 0 Å². The molecule has 1 fully saturated rings. The molecule has 0 spiro atoms. The van der Waals surface area contributed by atoms with Gasteiger partial charge in [-0.05, 0) is 43.2 Å². The van der Waals surface area contributed by atoms with Crippen molar-refractivity contribution in [1.82, 2.24) is 5.32 Å². The van der Waals surface area contributed by atoms with E-state index in [1.165, 1.54) is 61.7 Å². The van der Waals surface area contributed by atoms with Gasteiger partial charge in [-0.15, -0.1) is 0 Å². The average Bonchev–Trinajstić information content (AvgIpc) is 3.04. The third kappa shape index (κ3) is 2.83. The number of benzene rings is 1. The van der Waals surface area contributed by atoms with Crippen molar-refractivity contribution in [1.29, 1.82) is 0 Å². The summed E-state index contributed by atoms with van der Waals surface area (Å²) >= 11 is 2.08. The van der Waals surface area contributed by atoms with Crippen LogP contribution < -0.4 is 10.2 Å². The number of hydrogen-bond acceptors (Lipinski definition) is 3. The molecule has 3 heteroatoms. The predicted octanol–water partition coefficient (Wildman–Crippen LogP) is 2.53. The number of anilines is 1. The Morgan fingerprint density at radius 1 is 1.33 bits per heavy atom. The predicted molar refractivity (Wildman–Crippen MR) is 80.7 cm³/mol. The van der Waals surface area contributed by atoms with Crippen LogP contribution in [-0.2, 0) is 6.42 Å². The number of para-hydroxylation sites is 1. The van der Waals surface area contributed by atoms with Gasteiger partial charge < -0.3 is 10.2 Å². The Hall–Kier alpha value is -0.670. The van der Waals surface area contributed by atoms with Crippen LogP contribution in [0.5, 0.6) is 0 Å². The van der Waals surface area contributed by atoms with Gasteiger partial charge in [0.1, 0.15) is 0 Å². The van der Waals surface area contributed by atoms with E-state index in [-0.39, 0.29) is 0 Å². The fourth-order valence-corrected chi connectivity index (χ4v) is 4.10. The quantitative estimate of drug-likeness (QED) is 0.821. The largest absolute Gasteiger partial charge is 0.371 e. The first kappa shape index (κ1) is 12.4. The standard InChI is InChI=1S/C15H22N2S/c1-2-5-15-13(4-1)6-10-17(15)9-3-8-16-14-7-11-18-12-14/h1-2,4-5,14,16H,3,6-12H2. The Bertz CT molecular complexity index is 388. The molecular formula is C15H22N2S. The van der Waals surface area contributed by atoms with E-state index in [2.05, 4.69) is 46.2 Å². The third-order valence-electron chi connectivity index (χ3n) is 3.95. The lowest BCUT2D eigenvalue weighted by Crippen LogP contribution is -2.32. The van der Waals surface area contributed by atoms with E-state index in [9.17, 15) is 0 Å². The summed E-state index contributed by atoms with van der Waals surface area (Å²) in [6.45, 7) is 3.58. The molecule has 1 aromatic rings. The van der Waals surface area contributed by atoms with Crippen LogP contribution in [-0.4, -0.2) is 37.2 Å². The summed E-state index contributed by atoms with van der Waals surface area (Å²) in [6, 6.07) is 9.63. The van der Waals surface area contributed by atoms with Gasteiger partial charge in [0.25, 0.3) is 0 Å². The SMILES string of the molecule is c1ccc2c(c1)CCN2CCCNC1CCSC1. The van der Waals surface area contributed by atoms with Crippen LogP contribution in [0.25, 0.3) is 0 Å². The van der Waals surface area contributed by atoms with Crippen LogP contribution in [0.1, 0.15) is 18.4 Å². The van der Waals surface area contributed by atoms with E-state index >= 15 is 0 Å². The number of hydrogen-bond donors (Lipinski definition) is 1. The molecule has 1 unspecified atom stereocenters. The van der Waals surface area contributed by atoms with Gasteiger partial charge in [0.15, 0.2) is 0 Å². The lowest BCUT2D eigenvalue weighted by atomic mass is 10.2. The molecule has 0 bridgehead atoms. The zero-order valence-electron chi connectivity index (χ0n) is 10.9. The van der Waals surface area contributed by atoms with Crippen molar-refractivity contribution in [3.63, 3.8) is 0 Å². The molecule has 18 heavy (non-hydrogen) atoms.